The Balaban J connectivity index is 1.32. The highest BCUT2D eigenvalue weighted by Gasteiger charge is 2.37. The molecule has 1 N–H and O–H groups in total. The van der Waals surface area contributed by atoms with Crippen molar-refractivity contribution in [1.29, 1.82) is 0 Å². The first-order valence-electron chi connectivity index (χ1n) is 11.7. The van der Waals surface area contributed by atoms with E-state index in [4.69, 9.17) is 13.9 Å². The molecule has 10 nitrogen and oxygen atoms in total. The highest BCUT2D eigenvalue weighted by Crippen LogP contribution is 2.26. The summed E-state index contributed by atoms with van der Waals surface area (Å²) in [4.78, 5) is 53.3. The van der Waals surface area contributed by atoms with E-state index >= 15 is 0 Å². The Labute approximate surface area is 203 Å². The molecule has 3 amide bonds. The molecule has 0 radical (unpaired) electrons. The average molecular weight is 484 g/mol. The summed E-state index contributed by atoms with van der Waals surface area (Å²) in [6.45, 7) is 2.82. The second-order valence-corrected chi connectivity index (χ2v) is 8.53. The zero-order valence-electron chi connectivity index (χ0n) is 19.6. The second kappa shape index (κ2) is 11.1. The van der Waals surface area contributed by atoms with Gasteiger partial charge >= 0.3 is 12.1 Å². The minimum atomic E-state index is -0.872. The fraction of sp³-hybridized carbons (Fsp3) is 0.440. The molecule has 1 atom stereocenters. The monoisotopic (exact) mass is 483 g/mol. The molecule has 2 aromatic rings. The molecule has 4 rings (SSSR count). The van der Waals surface area contributed by atoms with Gasteiger partial charge in [0, 0.05) is 32.1 Å². The minimum Gasteiger partial charge on any atom is -0.459 e. The summed E-state index contributed by atoms with van der Waals surface area (Å²) in [5.74, 6) is -1.35. The van der Waals surface area contributed by atoms with Crippen LogP contribution in [0.4, 0.5) is 4.79 Å². The number of likely N-dealkylation sites (tertiary alicyclic amines) is 1. The molecule has 2 aliphatic heterocycles. The Morgan fingerprint density at radius 2 is 1.77 bits per heavy atom. The van der Waals surface area contributed by atoms with Crippen molar-refractivity contribution in [2.24, 2.45) is 0 Å². The van der Waals surface area contributed by atoms with Crippen molar-refractivity contribution >= 4 is 23.9 Å². The SMILES string of the molecule is CCOC(=O)N1CCC(NC(=O)COC(=O)C2Cc3ccccc3CN2C(=O)c2ccco2)CC1. The minimum absolute atomic E-state index is 0.120. The van der Waals surface area contributed by atoms with Gasteiger partial charge in [-0.1, -0.05) is 24.3 Å². The number of fused-ring (bicyclic) bond motifs is 1. The molecule has 2 aliphatic rings. The molecule has 35 heavy (non-hydrogen) atoms. The number of nitrogens with one attached hydrogen (secondary N) is 1. The van der Waals surface area contributed by atoms with Gasteiger partial charge in [-0.05, 0) is 43.0 Å². The predicted octanol–water partition coefficient (Wildman–Crippen LogP) is 2.13. The number of amides is 3. The number of carbonyl (C=O) groups is 4. The van der Waals surface area contributed by atoms with Crippen molar-refractivity contribution in [3.8, 4) is 0 Å². The summed E-state index contributed by atoms with van der Waals surface area (Å²) in [5, 5.41) is 2.85. The lowest BCUT2D eigenvalue weighted by atomic mass is 9.93. The zero-order valence-corrected chi connectivity index (χ0v) is 19.6. The van der Waals surface area contributed by atoms with Crippen LogP contribution in [0.25, 0.3) is 0 Å². The van der Waals surface area contributed by atoms with Gasteiger partial charge < -0.3 is 29.0 Å². The van der Waals surface area contributed by atoms with Crippen molar-refractivity contribution in [1.82, 2.24) is 15.1 Å². The topological polar surface area (TPSA) is 118 Å². The van der Waals surface area contributed by atoms with Gasteiger partial charge in [0.2, 0.25) is 0 Å². The largest absolute Gasteiger partial charge is 0.459 e. The van der Waals surface area contributed by atoms with E-state index in [0.29, 0.717) is 32.5 Å². The molecule has 0 aliphatic carbocycles. The van der Waals surface area contributed by atoms with Crippen LogP contribution in [0, 0.1) is 0 Å². The molecular weight excluding hydrogens is 454 g/mol. The van der Waals surface area contributed by atoms with Crippen molar-refractivity contribution in [3.63, 3.8) is 0 Å². The van der Waals surface area contributed by atoms with Crippen LogP contribution in [0.15, 0.2) is 47.1 Å². The lowest BCUT2D eigenvalue weighted by Gasteiger charge is -2.35. The van der Waals surface area contributed by atoms with Gasteiger partial charge in [0.15, 0.2) is 12.4 Å². The predicted molar refractivity (Wildman–Crippen MR) is 123 cm³/mol. The number of nitrogens with zero attached hydrogens (tertiary/aromatic N) is 2. The number of rotatable bonds is 6. The van der Waals surface area contributed by atoms with E-state index in [0.717, 1.165) is 11.1 Å². The maximum absolute atomic E-state index is 13.0. The molecule has 3 heterocycles. The number of furan rings is 1. The Hall–Kier alpha value is -3.82. The van der Waals surface area contributed by atoms with Gasteiger partial charge in [-0.2, -0.15) is 0 Å². The zero-order chi connectivity index (χ0) is 24.8. The molecule has 1 saturated heterocycles. The quantitative estimate of drug-likeness (QED) is 0.625. The van der Waals surface area contributed by atoms with Crippen molar-refractivity contribution in [2.75, 3.05) is 26.3 Å². The maximum atomic E-state index is 13.0. The number of ether oxygens (including phenoxy) is 2. The van der Waals surface area contributed by atoms with Crippen LogP contribution in [-0.4, -0.2) is 72.1 Å². The smallest absolute Gasteiger partial charge is 0.409 e. The normalized spacial score (nSPS) is 17.9. The summed E-state index contributed by atoms with van der Waals surface area (Å²) in [7, 11) is 0. The van der Waals surface area contributed by atoms with E-state index in [9.17, 15) is 19.2 Å². The highest BCUT2D eigenvalue weighted by molar-refractivity contribution is 5.95. The van der Waals surface area contributed by atoms with E-state index in [-0.39, 0.29) is 30.9 Å². The number of esters is 1. The number of benzene rings is 1. The maximum Gasteiger partial charge on any atom is 0.409 e. The summed E-state index contributed by atoms with van der Waals surface area (Å²) < 4.78 is 15.6. The summed E-state index contributed by atoms with van der Waals surface area (Å²) in [6, 6.07) is 9.76. The van der Waals surface area contributed by atoms with E-state index in [1.54, 1.807) is 24.0 Å². The van der Waals surface area contributed by atoms with Gasteiger partial charge in [-0.15, -0.1) is 0 Å². The van der Waals surface area contributed by atoms with Crippen LogP contribution in [0.2, 0.25) is 0 Å². The van der Waals surface area contributed by atoms with Crippen molar-refractivity contribution in [3.05, 3.63) is 59.5 Å². The van der Waals surface area contributed by atoms with Crippen LogP contribution >= 0.6 is 0 Å². The van der Waals surface area contributed by atoms with Gasteiger partial charge in [0.25, 0.3) is 11.8 Å². The molecule has 1 fully saturated rings. The molecular formula is C25H29N3O7. The second-order valence-electron chi connectivity index (χ2n) is 8.53. The van der Waals surface area contributed by atoms with Crippen LogP contribution in [0.5, 0.6) is 0 Å². The van der Waals surface area contributed by atoms with E-state index < -0.39 is 30.4 Å². The number of hydrogen-bond acceptors (Lipinski definition) is 7. The Morgan fingerprint density at radius 1 is 1.03 bits per heavy atom. The van der Waals surface area contributed by atoms with Gasteiger partial charge in [0.05, 0.1) is 12.9 Å². The van der Waals surface area contributed by atoms with Crippen molar-refractivity contribution < 1.29 is 33.1 Å². The first kappa shape index (κ1) is 24.3. The highest BCUT2D eigenvalue weighted by atomic mass is 16.6. The molecule has 1 aromatic heterocycles. The summed E-state index contributed by atoms with van der Waals surface area (Å²) in [6.07, 6.45) is 2.51. The number of hydrogen-bond donors (Lipinski definition) is 1. The van der Waals surface area contributed by atoms with Crippen LogP contribution in [0.3, 0.4) is 0 Å². The van der Waals surface area contributed by atoms with Gasteiger partial charge in [-0.25, -0.2) is 9.59 Å². The number of piperidine rings is 1. The van der Waals surface area contributed by atoms with E-state index in [1.165, 1.54) is 11.2 Å². The van der Waals surface area contributed by atoms with E-state index in [1.807, 2.05) is 24.3 Å². The van der Waals surface area contributed by atoms with Crippen LogP contribution in [-0.2, 0) is 32.0 Å². The first-order chi connectivity index (χ1) is 17.0. The van der Waals surface area contributed by atoms with Gasteiger partial charge in [-0.3, -0.25) is 9.59 Å². The third-order valence-electron chi connectivity index (χ3n) is 6.25. The average Bonchev–Trinajstić information content (AvgIpc) is 3.42. The lowest BCUT2D eigenvalue weighted by molar-refractivity contribution is -0.153. The molecule has 1 unspecified atom stereocenters. The molecule has 10 heteroatoms. The Kier molecular flexibility index (Phi) is 7.69. The first-order valence-corrected chi connectivity index (χ1v) is 11.7. The third kappa shape index (κ3) is 5.82. The molecule has 0 bridgehead atoms. The standard InChI is InChI=1S/C25H29N3O7/c1-2-33-25(32)27-11-9-19(10-12-27)26-22(29)16-35-24(31)20-14-17-6-3-4-7-18(17)15-28(20)23(30)21-8-5-13-34-21/h3-8,13,19-20H,2,9-12,14-16H2,1H3,(H,26,29). The molecule has 0 saturated carbocycles. The molecule has 0 spiro atoms. The summed E-state index contributed by atoms with van der Waals surface area (Å²) in [5.41, 5.74) is 1.90. The van der Waals surface area contributed by atoms with Crippen LogP contribution < -0.4 is 5.32 Å². The van der Waals surface area contributed by atoms with Gasteiger partial charge in [0.1, 0.15) is 6.04 Å². The Bertz CT molecular complexity index is 1060. The van der Waals surface area contributed by atoms with Crippen LogP contribution in [0.1, 0.15) is 41.4 Å². The lowest BCUT2D eigenvalue weighted by Crippen LogP contribution is -2.50. The fourth-order valence-corrected chi connectivity index (χ4v) is 4.41. The number of carbonyl (C=O) groups excluding carboxylic acids is 4. The Morgan fingerprint density at radius 3 is 2.46 bits per heavy atom. The van der Waals surface area contributed by atoms with Crippen molar-refractivity contribution in [2.45, 2.75) is 44.8 Å². The molecule has 186 valence electrons. The van der Waals surface area contributed by atoms with E-state index in [2.05, 4.69) is 5.32 Å². The fourth-order valence-electron chi connectivity index (χ4n) is 4.41. The third-order valence-corrected chi connectivity index (χ3v) is 6.25. The molecule has 1 aromatic carbocycles. The summed E-state index contributed by atoms with van der Waals surface area (Å²) >= 11 is 0.